The predicted molar refractivity (Wildman–Crippen MR) is 39.5 cm³/mol. The predicted octanol–water partition coefficient (Wildman–Crippen LogP) is -0.449. The second kappa shape index (κ2) is 3.85. The highest BCUT2D eigenvalue weighted by Crippen LogP contribution is 2.28. The van der Waals surface area contributed by atoms with E-state index in [1.807, 2.05) is 0 Å². The average Bonchev–Trinajstić information content (AvgIpc) is 1.90. The van der Waals surface area contributed by atoms with E-state index in [0.717, 1.165) is 7.11 Å². The van der Waals surface area contributed by atoms with Crippen molar-refractivity contribution in [2.45, 2.75) is 18.4 Å². The number of rotatable bonds is 4. The van der Waals surface area contributed by atoms with Crippen molar-refractivity contribution in [2.75, 3.05) is 7.11 Å². The fourth-order valence-electron chi connectivity index (χ4n) is 0.634. The Morgan fingerprint density at radius 2 is 2.18 bits per heavy atom. The van der Waals surface area contributed by atoms with Crippen LogP contribution in [0.1, 0.15) is 6.92 Å². The Bertz CT molecular complexity index is 168. The summed E-state index contributed by atoms with van der Waals surface area (Å²) in [7, 11) is -0.616. The van der Waals surface area contributed by atoms with Crippen LogP contribution in [-0.4, -0.2) is 34.7 Å². The van der Waals surface area contributed by atoms with E-state index in [2.05, 4.69) is 4.74 Å². The van der Waals surface area contributed by atoms with E-state index < -0.39 is 25.9 Å². The molecule has 2 N–H and O–H groups in total. The van der Waals surface area contributed by atoms with E-state index >= 15 is 0 Å². The van der Waals surface area contributed by atoms with E-state index in [1.165, 1.54) is 6.92 Å². The number of methoxy groups -OCH3 is 1. The summed E-state index contributed by atoms with van der Waals surface area (Å²) < 4.78 is 15.0. The van der Waals surface area contributed by atoms with Crippen LogP contribution in [0.15, 0.2) is 0 Å². The molecule has 11 heavy (non-hydrogen) atoms. The monoisotopic (exact) mass is 182 g/mol. The molecule has 0 bridgehead atoms. The fraction of sp³-hybridized carbons (Fsp3) is 0.800. The SMILES string of the molecule is COC([PH2]=O)(C(=O)O)C(C)O. The number of hydrogen-bond acceptors (Lipinski definition) is 4. The first-order valence-electron chi connectivity index (χ1n) is 2.94. The van der Waals surface area contributed by atoms with Crippen LogP contribution in [-0.2, 0) is 14.1 Å². The molecule has 0 amide bonds. The van der Waals surface area contributed by atoms with Gasteiger partial charge in [0.25, 0.3) is 0 Å². The van der Waals surface area contributed by atoms with Gasteiger partial charge in [-0.05, 0) is 6.92 Å². The van der Waals surface area contributed by atoms with E-state index in [1.54, 1.807) is 0 Å². The zero-order valence-corrected chi connectivity index (χ0v) is 7.43. The molecule has 0 saturated heterocycles. The summed E-state index contributed by atoms with van der Waals surface area (Å²) in [5.74, 6) is -1.40. The summed E-state index contributed by atoms with van der Waals surface area (Å²) in [5, 5.41) is 15.6. The summed E-state index contributed by atoms with van der Waals surface area (Å²) in [6.07, 6.45) is -1.28. The Labute approximate surface area is 65.2 Å². The normalized spacial score (nSPS) is 19.9. The highest BCUT2D eigenvalue weighted by molar-refractivity contribution is 7.27. The van der Waals surface area contributed by atoms with Gasteiger partial charge in [0.1, 0.15) is 8.46 Å². The van der Waals surface area contributed by atoms with Crippen molar-refractivity contribution in [3.8, 4) is 0 Å². The molecule has 0 aliphatic heterocycles. The number of carboxylic acids is 1. The summed E-state index contributed by atoms with van der Waals surface area (Å²) in [6.45, 7) is 1.22. The summed E-state index contributed by atoms with van der Waals surface area (Å²) in [5.41, 5.74) is 0. The molecule has 0 aliphatic carbocycles. The standard InChI is InChI=1S/C5H11O5P/c1-3(6)5(10-2,11-9)4(7)8/h3,6H,11H2,1-2H3,(H,7,8). The molecule has 0 aliphatic rings. The first kappa shape index (κ1) is 10.6. The Kier molecular flexibility index (Phi) is 3.72. The molecule has 0 radical (unpaired) electrons. The number of aliphatic carboxylic acids is 1. The first-order valence-corrected chi connectivity index (χ1v) is 3.99. The van der Waals surface area contributed by atoms with Gasteiger partial charge in [0, 0.05) is 7.11 Å². The van der Waals surface area contributed by atoms with Gasteiger partial charge < -0.3 is 19.5 Å². The molecule has 3 atom stereocenters. The van der Waals surface area contributed by atoms with Crippen molar-refractivity contribution in [3.05, 3.63) is 0 Å². The van der Waals surface area contributed by atoms with Crippen LogP contribution in [0.2, 0.25) is 0 Å². The van der Waals surface area contributed by atoms with Crippen molar-refractivity contribution in [2.24, 2.45) is 0 Å². The van der Waals surface area contributed by atoms with Crippen molar-refractivity contribution in [3.63, 3.8) is 0 Å². The van der Waals surface area contributed by atoms with Crippen LogP contribution in [0.5, 0.6) is 0 Å². The third kappa shape index (κ3) is 1.80. The Morgan fingerprint density at radius 3 is 2.18 bits per heavy atom. The maximum Gasteiger partial charge on any atom is 0.345 e. The molecular weight excluding hydrogens is 171 g/mol. The quantitative estimate of drug-likeness (QED) is 0.575. The third-order valence-electron chi connectivity index (χ3n) is 1.47. The van der Waals surface area contributed by atoms with Crippen LogP contribution in [0.3, 0.4) is 0 Å². The molecule has 0 aromatic carbocycles. The van der Waals surface area contributed by atoms with Crippen LogP contribution >= 0.6 is 8.46 Å². The van der Waals surface area contributed by atoms with Gasteiger partial charge in [-0.1, -0.05) is 0 Å². The average molecular weight is 182 g/mol. The van der Waals surface area contributed by atoms with Crippen molar-refractivity contribution in [1.82, 2.24) is 0 Å². The van der Waals surface area contributed by atoms with Crippen molar-refractivity contribution >= 4 is 14.4 Å². The maximum atomic E-state index is 10.5. The minimum Gasteiger partial charge on any atom is -0.479 e. The number of ether oxygens (including phenoxy) is 1. The van der Waals surface area contributed by atoms with Crippen LogP contribution in [0.4, 0.5) is 0 Å². The molecule has 5 nitrogen and oxygen atoms in total. The molecule has 0 rings (SSSR count). The molecule has 6 heteroatoms. The summed E-state index contributed by atoms with van der Waals surface area (Å²) in [6, 6.07) is 0. The van der Waals surface area contributed by atoms with Gasteiger partial charge in [0.2, 0.25) is 5.34 Å². The van der Waals surface area contributed by atoms with Gasteiger partial charge in [-0.25, -0.2) is 4.79 Å². The number of carbonyl (C=O) groups is 1. The fourth-order valence-corrected chi connectivity index (χ4v) is 1.03. The van der Waals surface area contributed by atoms with E-state index in [0.29, 0.717) is 0 Å². The van der Waals surface area contributed by atoms with Gasteiger partial charge >= 0.3 is 5.97 Å². The molecule has 0 saturated carbocycles. The zero-order chi connectivity index (χ0) is 9.07. The highest BCUT2D eigenvalue weighted by atomic mass is 31.1. The largest absolute Gasteiger partial charge is 0.479 e. The molecule has 0 spiro atoms. The lowest BCUT2D eigenvalue weighted by atomic mass is 10.2. The number of carboxylic acid groups (broad SMARTS) is 1. The van der Waals surface area contributed by atoms with Crippen LogP contribution in [0.25, 0.3) is 0 Å². The van der Waals surface area contributed by atoms with Crippen LogP contribution < -0.4 is 0 Å². The third-order valence-corrected chi connectivity index (χ3v) is 2.78. The Hall–Kier alpha value is -0.380. The van der Waals surface area contributed by atoms with Crippen molar-refractivity contribution < 1.29 is 24.3 Å². The molecule has 0 fully saturated rings. The minimum absolute atomic E-state index is 1.10. The summed E-state index contributed by atoms with van der Waals surface area (Å²) >= 11 is 0. The van der Waals surface area contributed by atoms with Gasteiger partial charge in [-0.2, -0.15) is 0 Å². The van der Waals surface area contributed by atoms with E-state index in [4.69, 9.17) is 10.2 Å². The van der Waals surface area contributed by atoms with Crippen molar-refractivity contribution in [1.29, 1.82) is 0 Å². The van der Waals surface area contributed by atoms with Gasteiger partial charge in [0.15, 0.2) is 0 Å². The lowest BCUT2D eigenvalue weighted by molar-refractivity contribution is -0.160. The smallest absolute Gasteiger partial charge is 0.345 e. The highest BCUT2D eigenvalue weighted by Gasteiger charge is 2.42. The van der Waals surface area contributed by atoms with Crippen LogP contribution in [0, 0.1) is 0 Å². The number of aliphatic hydroxyl groups excluding tert-OH is 1. The molecule has 0 aromatic rings. The topological polar surface area (TPSA) is 83.8 Å². The Morgan fingerprint density at radius 1 is 1.73 bits per heavy atom. The molecule has 66 valence electrons. The number of hydrogen-bond donors (Lipinski definition) is 2. The lowest BCUT2D eigenvalue weighted by Crippen LogP contribution is -2.44. The maximum absolute atomic E-state index is 10.5. The molecule has 0 aromatic heterocycles. The molecular formula is C5H11O5P. The Balaban J connectivity index is 4.75. The zero-order valence-electron chi connectivity index (χ0n) is 6.27. The van der Waals surface area contributed by atoms with E-state index in [-0.39, 0.29) is 0 Å². The van der Waals surface area contributed by atoms with Gasteiger partial charge in [-0.15, -0.1) is 0 Å². The van der Waals surface area contributed by atoms with Gasteiger partial charge in [-0.3, -0.25) is 0 Å². The summed E-state index contributed by atoms with van der Waals surface area (Å²) in [4.78, 5) is 10.5. The molecule has 0 heterocycles. The second-order valence-electron chi connectivity index (χ2n) is 2.10. The molecule has 3 unspecified atom stereocenters. The van der Waals surface area contributed by atoms with E-state index in [9.17, 15) is 9.36 Å². The first-order chi connectivity index (χ1) is 5.01. The second-order valence-corrected chi connectivity index (χ2v) is 3.19. The number of aliphatic hydroxyl groups is 1. The lowest BCUT2D eigenvalue weighted by Gasteiger charge is -2.24. The minimum atomic E-state index is -1.92. The van der Waals surface area contributed by atoms with Gasteiger partial charge in [0.05, 0.1) is 6.10 Å².